The molecule has 0 bridgehead atoms. The molecule has 2 N–H and O–H groups in total. The van der Waals surface area contributed by atoms with E-state index in [9.17, 15) is 13.2 Å². The topological polar surface area (TPSA) is 87.7 Å². The molecule has 1 saturated heterocycles. The Morgan fingerprint density at radius 3 is 2.52 bits per heavy atom. The van der Waals surface area contributed by atoms with Gasteiger partial charge in [-0.2, -0.15) is 0 Å². The molecule has 1 fully saturated rings. The maximum atomic E-state index is 13.1. The highest BCUT2D eigenvalue weighted by Crippen LogP contribution is 2.28. The second kappa shape index (κ2) is 9.38. The summed E-state index contributed by atoms with van der Waals surface area (Å²) in [6, 6.07) is 12.7. The van der Waals surface area contributed by atoms with Gasteiger partial charge in [-0.05, 0) is 73.8 Å². The molecule has 2 aromatic carbocycles. The second-order valence-corrected chi connectivity index (χ2v) is 9.87. The van der Waals surface area contributed by atoms with Crippen molar-refractivity contribution >= 4 is 21.6 Å². The zero-order valence-corrected chi connectivity index (χ0v) is 18.6. The number of rotatable bonds is 7. The van der Waals surface area contributed by atoms with Crippen molar-refractivity contribution in [2.24, 2.45) is 0 Å². The molecule has 1 unspecified atom stereocenters. The van der Waals surface area contributed by atoms with Gasteiger partial charge in [-0.1, -0.05) is 18.6 Å². The van der Waals surface area contributed by atoms with Crippen molar-refractivity contribution in [3.63, 3.8) is 0 Å². The van der Waals surface area contributed by atoms with Crippen LogP contribution in [0.25, 0.3) is 0 Å². The zero-order valence-electron chi connectivity index (χ0n) is 17.8. The van der Waals surface area contributed by atoms with E-state index in [1.54, 1.807) is 25.3 Å². The minimum absolute atomic E-state index is 0.0369. The summed E-state index contributed by atoms with van der Waals surface area (Å²) in [6.07, 6.45) is 4.38. The highest BCUT2D eigenvalue weighted by Gasteiger charge is 2.26. The molecular weight excluding hydrogens is 414 g/mol. The largest absolute Gasteiger partial charge is 0.497 e. The quantitative estimate of drug-likeness (QED) is 0.687. The first-order chi connectivity index (χ1) is 15.0. The Bertz CT molecular complexity index is 1030. The van der Waals surface area contributed by atoms with Gasteiger partial charge in [0.1, 0.15) is 5.75 Å². The van der Waals surface area contributed by atoms with Gasteiger partial charge in [0.25, 0.3) is 0 Å². The highest BCUT2D eigenvalue weighted by atomic mass is 32.2. The summed E-state index contributed by atoms with van der Waals surface area (Å²) >= 11 is 0. The molecule has 0 radical (unpaired) electrons. The minimum atomic E-state index is -3.68. The third-order valence-corrected chi connectivity index (χ3v) is 7.50. The summed E-state index contributed by atoms with van der Waals surface area (Å²) < 4.78 is 34.2. The van der Waals surface area contributed by atoms with Crippen LogP contribution in [-0.4, -0.2) is 46.0 Å². The van der Waals surface area contributed by atoms with Crippen LogP contribution in [0.2, 0.25) is 0 Å². The number of carbonyl (C=O) groups excluding carboxylic acids is 1. The number of benzene rings is 2. The number of aryl methyl sites for hydroxylation is 1. The smallest absolute Gasteiger partial charge is 0.240 e. The lowest BCUT2D eigenvalue weighted by Crippen LogP contribution is -2.40. The molecule has 0 saturated carbocycles. The number of nitrogens with one attached hydrogen (secondary N) is 2. The molecule has 8 heteroatoms. The van der Waals surface area contributed by atoms with E-state index in [4.69, 9.17) is 4.74 Å². The predicted molar refractivity (Wildman–Crippen MR) is 120 cm³/mol. The number of methoxy groups -OCH3 is 1. The Hall–Kier alpha value is -2.42. The Morgan fingerprint density at radius 1 is 1.06 bits per heavy atom. The lowest BCUT2D eigenvalue weighted by molar-refractivity contribution is -0.116. The van der Waals surface area contributed by atoms with Gasteiger partial charge in [0.05, 0.1) is 12.0 Å². The summed E-state index contributed by atoms with van der Waals surface area (Å²) in [4.78, 5) is 14.1. The van der Waals surface area contributed by atoms with Crippen LogP contribution in [0.5, 0.6) is 5.75 Å². The van der Waals surface area contributed by atoms with Crippen LogP contribution in [0.4, 0.5) is 5.69 Å². The van der Waals surface area contributed by atoms with Gasteiger partial charge in [-0.3, -0.25) is 9.69 Å². The first-order valence-electron chi connectivity index (χ1n) is 10.8. The number of hydrogen-bond donors (Lipinski definition) is 2. The Labute approximate surface area is 183 Å². The number of anilines is 1. The average Bonchev–Trinajstić information content (AvgIpc) is 2.80. The summed E-state index contributed by atoms with van der Waals surface area (Å²) in [7, 11) is -2.04. The minimum Gasteiger partial charge on any atom is -0.497 e. The molecule has 2 aliphatic rings. The van der Waals surface area contributed by atoms with Crippen LogP contribution in [0.15, 0.2) is 47.4 Å². The van der Waals surface area contributed by atoms with E-state index in [0.717, 1.165) is 42.8 Å². The molecule has 2 heterocycles. The van der Waals surface area contributed by atoms with E-state index in [0.29, 0.717) is 25.1 Å². The van der Waals surface area contributed by atoms with Crippen molar-refractivity contribution in [3.8, 4) is 5.75 Å². The first-order valence-corrected chi connectivity index (χ1v) is 12.2. The van der Waals surface area contributed by atoms with Crippen LogP contribution in [0.1, 0.15) is 42.9 Å². The molecule has 31 heavy (non-hydrogen) atoms. The fraction of sp³-hybridized carbons (Fsp3) is 0.435. The molecule has 4 rings (SSSR count). The number of amides is 1. The number of ether oxygens (including phenoxy) is 1. The third kappa shape index (κ3) is 5.08. The fourth-order valence-electron chi connectivity index (χ4n) is 4.31. The van der Waals surface area contributed by atoms with E-state index < -0.39 is 10.0 Å². The lowest BCUT2D eigenvalue weighted by Gasteiger charge is -2.35. The van der Waals surface area contributed by atoms with Crippen LogP contribution in [0, 0.1) is 0 Å². The number of carbonyl (C=O) groups is 1. The van der Waals surface area contributed by atoms with Gasteiger partial charge >= 0.3 is 0 Å². The molecule has 1 amide bonds. The first kappa shape index (κ1) is 21.8. The molecule has 0 aromatic heterocycles. The molecule has 166 valence electrons. The fourth-order valence-corrected chi connectivity index (χ4v) is 5.40. The number of likely N-dealkylation sites (tertiary alicyclic amines) is 1. The average molecular weight is 444 g/mol. The summed E-state index contributed by atoms with van der Waals surface area (Å²) in [6.45, 7) is 2.20. The van der Waals surface area contributed by atoms with Crippen LogP contribution in [0.3, 0.4) is 0 Å². The van der Waals surface area contributed by atoms with Crippen molar-refractivity contribution in [2.45, 2.75) is 43.0 Å². The molecule has 1 atom stereocenters. The highest BCUT2D eigenvalue weighted by molar-refractivity contribution is 7.89. The van der Waals surface area contributed by atoms with Gasteiger partial charge in [0.15, 0.2) is 0 Å². The third-order valence-electron chi connectivity index (χ3n) is 6.08. The van der Waals surface area contributed by atoms with Crippen molar-refractivity contribution in [1.82, 2.24) is 9.62 Å². The van der Waals surface area contributed by atoms with Gasteiger partial charge in [0, 0.05) is 24.7 Å². The zero-order chi connectivity index (χ0) is 21.8. The van der Waals surface area contributed by atoms with E-state index in [1.165, 1.54) is 6.42 Å². The van der Waals surface area contributed by atoms with Gasteiger partial charge in [-0.25, -0.2) is 13.1 Å². The Kier molecular flexibility index (Phi) is 6.60. The summed E-state index contributed by atoms with van der Waals surface area (Å²) in [5, 5.41) is 2.79. The monoisotopic (exact) mass is 443 g/mol. The number of piperidine rings is 1. The van der Waals surface area contributed by atoms with E-state index in [-0.39, 0.29) is 16.8 Å². The maximum Gasteiger partial charge on any atom is 0.240 e. The van der Waals surface area contributed by atoms with E-state index in [1.807, 2.05) is 24.3 Å². The normalized spacial score (nSPS) is 18.2. The van der Waals surface area contributed by atoms with Crippen LogP contribution >= 0.6 is 0 Å². The van der Waals surface area contributed by atoms with E-state index in [2.05, 4.69) is 14.9 Å². The molecule has 2 aliphatic heterocycles. The van der Waals surface area contributed by atoms with Gasteiger partial charge < -0.3 is 10.1 Å². The van der Waals surface area contributed by atoms with Crippen molar-refractivity contribution < 1.29 is 17.9 Å². The SMILES string of the molecule is COc1ccc(C(CNS(=O)(=O)c2ccc3c(c2)CCC(=O)N3)N2CCCCC2)cc1. The Balaban J connectivity index is 1.53. The number of hydrogen-bond acceptors (Lipinski definition) is 5. The lowest BCUT2D eigenvalue weighted by atomic mass is 10.0. The van der Waals surface area contributed by atoms with Gasteiger partial charge in [0.2, 0.25) is 15.9 Å². The number of sulfonamides is 1. The Morgan fingerprint density at radius 2 is 1.81 bits per heavy atom. The van der Waals surface area contributed by atoms with Crippen molar-refractivity contribution in [2.75, 3.05) is 32.1 Å². The van der Waals surface area contributed by atoms with Gasteiger partial charge in [-0.15, -0.1) is 0 Å². The molecule has 0 spiro atoms. The molecule has 7 nitrogen and oxygen atoms in total. The van der Waals surface area contributed by atoms with Crippen LogP contribution < -0.4 is 14.8 Å². The summed E-state index contributed by atoms with van der Waals surface area (Å²) in [5.41, 5.74) is 2.61. The number of fused-ring (bicyclic) bond motifs is 1. The van der Waals surface area contributed by atoms with E-state index >= 15 is 0 Å². The van der Waals surface area contributed by atoms with Crippen molar-refractivity contribution in [1.29, 1.82) is 0 Å². The summed E-state index contributed by atoms with van der Waals surface area (Å²) in [5.74, 6) is 0.743. The van der Waals surface area contributed by atoms with Crippen molar-refractivity contribution in [3.05, 3.63) is 53.6 Å². The second-order valence-electron chi connectivity index (χ2n) is 8.10. The maximum absolute atomic E-state index is 13.1. The predicted octanol–water partition coefficient (Wildman–Crippen LogP) is 3.09. The van der Waals surface area contributed by atoms with Crippen LogP contribution in [-0.2, 0) is 21.2 Å². The molecule has 2 aromatic rings. The molecular formula is C23H29N3O4S. The molecule has 0 aliphatic carbocycles. The number of nitrogens with zero attached hydrogens (tertiary/aromatic N) is 1. The standard InChI is InChI=1S/C23H29N3O4S/c1-30-19-8-5-17(6-9-19)22(26-13-3-2-4-14-26)16-24-31(28,29)20-10-11-21-18(15-20)7-12-23(27)25-21/h5-6,8-11,15,22,24H,2-4,7,12-14,16H2,1H3,(H,25,27).